The number of carbonyl (C=O) groups is 1. The molecule has 3 rings (SSSR count). The molecule has 2 heterocycles. The number of aromatic nitrogens is 2. The van der Waals surface area contributed by atoms with Gasteiger partial charge in [0.1, 0.15) is 0 Å². The lowest BCUT2D eigenvalue weighted by atomic mass is 10.1. The number of carbonyl (C=O) groups excluding carboxylic acids is 1. The van der Waals surface area contributed by atoms with E-state index in [2.05, 4.69) is 15.5 Å². The number of hydrogen-bond donors (Lipinski definition) is 1. The maximum atomic E-state index is 12.2. The normalized spacial score (nSPS) is 17.7. The minimum absolute atomic E-state index is 0.0996. The van der Waals surface area contributed by atoms with Crippen molar-refractivity contribution in [2.75, 3.05) is 11.9 Å². The van der Waals surface area contributed by atoms with E-state index in [4.69, 9.17) is 9.26 Å². The van der Waals surface area contributed by atoms with Crippen LogP contribution in [0.2, 0.25) is 0 Å². The molecule has 1 aromatic carbocycles. The Kier molecular flexibility index (Phi) is 5.25. The second-order valence-electron chi connectivity index (χ2n) is 6.27. The molecule has 0 aliphatic carbocycles. The van der Waals surface area contributed by atoms with E-state index in [1.807, 2.05) is 32.0 Å². The van der Waals surface area contributed by atoms with Gasteiger partial charge < -0.3 is 14.6 Å². The molecule has 1 aromatic heterocycles. The van der Waals surface area contributed by atoms with Gasteiger partial charge in [0, 0.05) is 12.3 Å². The molecule has 2 aromatic rings. The molecule has 6 heteroatoms. The Morgan fingerprint density at radius 1 is 1.33 bits per heavy atom. The van der Waals surface area contributed by atoms with E-state index in [-0.39, 0.29) is 18.4 Å². The summed E-state index contributed by atoms with van der Waals surface area (Å²) in [6.07, 6.45) is 4.17. The quantitative estimate of drug-likeness (QED) is 0.912. The SMILES string of the molecule is Cc1cccc(NC(=O)Cc2noc(CC3CCCCO3)n2)c1C. The van der Waals surface area contributed by atoms with Crippen molar-refractivity contribution in [1.29, 1.82) is 0 Å². The van der Waals surface area contributed by atoms with E-state index in [0.717, 1.165) is 36.3 Å². The second kappa shape index (κ2) is 7.57. The molecule has 1 fully saturated rings. The summed E-state index contributed by atoms with van der Waals surface area (Å²) in [5.41, 5.74) is 3.02. The molecule has 1 unspecified atom stereocenters. The predicted molar refractivity (Wildman–Crippen MR) is 89.8 cm³/mol. The fourth-order valence-corrected chi connectivity index (χ4v) is 2.83. The summed E-state index contributed by atoms with van der Waals surface area (Å²) >= 11 is 0. The summed E-state index contributed by atoms with van der Waals surface area (Å²) in [4.78, 5) is 16.5. The zero-order valence-corrected chi connectivity index (χ0v) is 14.2. The highest BCUT2D eigenvalue weighted by Gasteiger charge is 2.19. The molecule has 1 aliphatic rings. The van der Waals surface area contributed by atoms with Crippen molar-refractivity contribution in [3.8, 4) is 0 Å². The number of nitrogens with zero attached hydrogens (tertiary/aromatic N) is 2. The summed E-state index contributed by atoms with van der Waals surface area (Å²) < 4.78 is 10.9. The average Bonchev–Trinajstić information content (AvgIpc) is 2.99. The van der Waals surface area contributed by atoms with E-state index in [1.54, 1.807) is 0 Å². The number of hydrogen-bond acceptors (Lipinski definition) is 5. The summed E-state index contributed by atoms with van der Waals surface area (Å²) in [5, 5.41) is 6.81. The van der Waals surface area contributed by atoms with E-state index in [0.29, 0.717) is 18.1 Å². The van der Waals surface area contributed by atoms with Gasteiger partial charge in [0.25, 0.3) is 0 Å². The molecule has 0 bridgehead atoms. The van der Waals surface area contributed by atoms with Gasteiger partial charge in [0.15, 0.2) is 5.82 Å². The molecule has 1 atom stereocenters. The highest BCUT2D eigenvalue weighted by atomic mass is 16.5. The van der Waals surface area contributed by atoms with Crippen LogP contribution < -0.4 is 5.32 Å². The number of aryl methyl sites for hydroxylation is 1. The third-order valence-electron chi connectivity index (χ3n) is 4.38. The Hall–Kier alpha value is -2.21. The zero-order valence-electron chi connectivity index (χ0n) is 14.2. The fourth-order valence-electron chi connectivity index (χ4n) is 2.83. The number of benzene rings is 1. The summed E-state index contributed by atoms with van der Waals surface area (Å²) in [6.45, 7) is 4.80. The van der Waals surface area contributed by atoms with Crippen LogP contribution in [0.5, 0.6) is 0 Å². The molecule has 128 valence electrons. The van der Waals surface area contributed by atoms with E-state index in [1.165, 1.54) is 6.42 Å². The number of nitrogens with one attached hydrogen (secondary N) is 1. The van der Waals surface area contributed by atoms with E-state index >= 15 is 0 Å². The van der Waals surface area contributed by atoms with Gasteiger partial charge in [-0.2, -0.15) is 4.98 Å². The van der Waals surface area contributed by atoms with E-state index in [9.17, 15) is 4.79 Å². The van der Waals surface area contributed by atoms with Gasteiger partial charge in [-0.25, -0.2) is 0 Å². The molecule has 0 spiro atoms. The molecule has 1 aliphatic heterocycles. The number of amides is 1. The van der Waals surface area contributed by atoms with Crippen molar-refractivity contribution < 1.29 is 14.1 Å². The molecule has 1 N–H and O–H groups in total. The van der Waals surface area contributed by atoms with E-state index < -0.39 is 0 Å². The highest BCUT2D eigenvalue weighted by Crippen LogP contribution is 2.19. The summed E-state index contributed by atoms with van der Waals surface area (Å²) in [7, 11) is 0. The third-order valence-corrected chi connectivity index (χ3v) is 4.38. The first-order valence-electron chi connectivity index (χ1n) is 8.41. The first-order valence-corrected chi connectivity index (χ1v) is 8.41. The minimum atomic E-state index is -0.148. The topological polar surface area (TPSA) is 77.2 Å². The lowest BCUT2D eigenvalue weighted by molar-refractivity contribution is -0.115. The van der Waals surface area contributed by atoms with Crippen molar-refractivity contribution >= 4 is 11.6 Å². The van der Waals surface area contributed by atoms with Crippen LogP contribution >= 0.6 is 0 Å². The maximum Gasteiger partial charge on any atom is 0.232 e. The Morgan fingerprint density at radius 2 is 2.21 bits per heavy atom. The largest absolute Gasteiger partial charge is 0.378 e. The van der Waals surface area contributed by atoms with Crippen LogP contribution in [0.1, 0.15) is 42.1 Å². The number of rotatable bonds is 5. The maximum absolute atomic E-state index is 12.2. The highest BCUT2D eigenvalue weighted by molar-refractivity contribution is 5.92. The zero-order chi connectivity index (χ0) is 16.9. The lowest BCUT2D eigenvalue weighted by Gasteiger charge is -2.20. The van der Waals surface area contributed by atoms with Gasteiger partial charge in [-0.3, -0.25) is 4.79 Å². The second-order valence-corrected chi connectivity index (χ2v) is 6.27. The van der Waals surface area contributed by atoms with Crippen molar-refractivity contribution in [1.82, 2.24) is 10.1 Å². The number of ether oxygens (including phenoxy) is 1. The molecule has 6 nitrogen and oxygen atoms in total. The molecule has 0 saturated carbocycles. The Labute approximate surface area is 141 Å². The van der Waals surface area contributed by atoms with Crippen LogP contribution in [0, 0.1) is 13.8 Å². The van der Waals surface area contributed by atoms with Crippen LogP contribution in [0.15, 0.2) is 22.7 Å². The summed E-state index contributed by atoms with van der Waals surface area (Å²) in [6, 6.07) is 5.83. The molecular formula is C18H23N3O3. The molecular weight excluding hydrogens is 306 g/mol. The van der Waals surface area contributed by atoms with Crippen LogP contribution in [0.3, 0.4) is 0 Å². The number of anilines is 1. The third kappa shape index (κ3) is 4.20. The van der Waals surface area contributed by atoms with Gasteiger partial charge in [0.05, 0.1) is 18.9 Å². The first kappa shape index (κ1) is 16.6. The van der Waals surface area contributed by atoms with Crippen molar-refractivity contribution in [2.24, 2.45) is 0 Å². The van der Waals surface area contributed by atoms with Gasteiger partial charge in [-0.1, -0.05) is 17.3 Å². The molecule has 1 amide bonds. The van der Waals surface area contributed by atoms with Gasteiger partial charge in [0.2, 0.25) is 11.8 Å². The average molecular weight is 329 g/mol. The molecule has 1 saturated heterocycles. The van der Waals surface area contributed by atoms with Crippen LogP contribution in [0.4, 0.5) is 5.69 Å². The van der Waals surface area contributed by atoms with Crippen molar-refractivity contribution in [3.63, 3.8) is 0 Å². The van der Waals surface area contributed by atoms with Gasteiger partial charge in [-0.15, -0.1) is 0 Å². The fraction of sp³-hybridized carbons (Fsp3) is 0.500. The van der Waals surface area contributed by atoms with Gasteiger partial charge in [-0.05, 0) is 50.3 Å². The Bertz CT molecular complexity index is 705. The first-order chi connectivity index (χ1) is 11.6. The smallest absolute Gasteiger partial charge is 0.232 e. The predicted octanol–water partition coefficient (Wildman–Crippen LogP) is 2.98. The van der Waals surface area contributed by atoms with Crippen LogP contribution in [-0.4, -0.2) is 28.8 Å². The standard InChI is InChI=1S/C18H23N3O3/c1-12-6-5-8-15(13(12)2)19-17(22)11-16-20-18(24-21-16)10-14-7-3-4-9-23-14/h5-6,8,14H,3-4,7,9-11H2,1-2H3,(H,19,22). The monoisotopic (exact) mass is 329 g/mol. The van der Waals surface area contributed by atoms with Gasteiger partial charge >= 0.3 is 0 Å². The van der Waals surface area contributed by atoms with Crippen molar-refractivity contribution in [3.05, 3.63) is 41.0 Å². The van der Waals surface area contributed by atoms with Crippen LogP contribution in [0.25, 0.3) is 0 Å². The minimum Gasteiger partial charge on any atom is -0.378 e. The molecule has 24 heavy (non-hydrogen) atoms. The summed E-state index contributed by atoms with van der Waals surface area (Å²) in [5.74, 6) is 0.796. The van der Waals surface area contributed by atoms with Crippen molar-refractivity contribution in [2.45, 2.75) is 52.1 Å². The molecule has 0 radical (unpaired) electrons. The Morgan fingerprint density at radius 3 is 3.00 bits per heavy atom. The van der Waals surface area contributed by atoms with Crippen LogP contribution in [-0.2, 0) is 22.4 Å². The Balaban J connectivity index is 1.56. The lowest BCUT2D eigenvalue weighted by Crippen LogP contribution is -2.21.